The third kappa shape index (κ3) is 2.26. The zero-order valence-electron chi connectivity index (χ0n) is 13.6. The van der Waals surface area contributed by atoms with E-state index in [2.05, 4.69) is 0 Å². The van der Waals surface area contributed by atoms with E-state index in [9.17, 15) is 9.59 Å². The van der Waals surface area contributed by atoms with Gasteiger partial charge in [-0.3, -0.25) is 0 Å². The minimum Gasteiger partial charge on any atom is -0.302 e. The van der Waals surface area contributed by atoms with Crippen LogP contribution in [-0.2, 0) is 15.0 Å². The molecule has 4 aromatic rings. The maximum atomic E-state index is 12.3. The van der Waals surface area contributed by atoms with Crippen LogP contribution in [0.2, 0.25) is 0 Å². The Kier molecular flexibility index (Phi) is 3.66. The molecule has 0 radical (unpaired) electrons. The highest BCUT2D eigenvalue weighted by molar-refractivity contribution is 6.06. The molecule has 0 spiro atoms. The van der Waals surface area contributed by atoms with Crippen molar-refractivity contribution in [2.75, 3.05) is 0 Å². The third-order valence-corrected chi connectivity index (χ3v) is 4.84. The highest BCUT2D eigenvalue weighted by atomic mass is 16.1. The van der Waals surface area contributed by atoms with Crippen LogP contribution in [0.25, 0.3) is 21.5 Å². The van der Waals surface area contributed by atoms with Crippen LogP contribution in [0.15, 0.2) is 84.9 Å². The molecule has 0 fully saturated rings. The summed E-state index contributed by atoms with van der Waals surface area (Å²) in [6.07, 6.45) is 1.53. The first kappa shape index (κ1) is 15.3. The zero-order chi connectivity index (χ0) is 17.3. The van der Waals surface area contributed by atoms with Gasteiger partial charge in [-0.1, -0.05) is 84.9 Å². The summed E-state index contributed by atoms with van der Waals surface area (Å²) >= 11 is 0. The highest BCUT2D eigenvalue weighted by Gasteiger charge is 2.36. The smallest absolute Gasteiger partial charge is 0.142 e. The Labute approximate surface area is 145 Å². The molecule has 0 aromatic heterocycles. The van der Waals surface area contributed by atoms with Crippen LogP contribution in [0.3, 0.4) is 0 Å². The normalized spacial score (nSPS) is 11.5. The molecule has 25 heavy (non-hydrogen) atoms. The summed E-state index contributed by atoms with van der Waals surface area (Å²) in [5.41, 5.74) is 0.0979. The van der Waals surface area contributed by atoms with Crippen molar-refractivity contribution >= 4 is 34.1 Å². The zero-order valence-corrected chi connectivity index (χ0v) is 13.6. The van der Waals surface area contributed by atoms with Gasteiger partial charge in [-0.15, -0.1) is 0 Å². The van der Waals surface area contributed by atoms with E-state index in [0.29, 0.717) is 11.1 Å². The number of hydrogen-bond donors (Lipinski definition) is 0. The van der Waals surface area contributed by atoms with Gasteiger partial charge in [0.2, 0.25) is 0 Å². The lowest BCUT2D eigenvalue weighted by molar-refractivity contribution is -0.119. The van der Waals surface area contributed by atoms with E-state index in [1.807, 2.05) is 84.9 Å². The second kappa shape index (κ2) is 5.99. The topological polar surface area (TPSA) is 34.1 Å². The lowest BCUT2D eigenvalue weighted by atomic mass is 9.73. The summed E-state index contributed by atoms with van der Waals surface area (Å²) in [6.45, 7) is 0. The minimum absolute atomic E-state index is 0.715. The molecule has 0 aliphatic carbocycles. The van der Waals surface area contributed by atoms with Crippen LogP contribution in [0, 0.1) is 0 Å². The fraction of sp³-hybridized carbons (Fsp3) is 0.0435. The first-order valence-corrected chi connectivity index (χ1v) is 8.19. The van der Waals surface area contributed by atoms with Crippen LogP contribution in [0.1, 0.15) is 11.1 Å². The fourth-order valence-electron chi connectivity index (χ4n) is 3.60. The maximum absolute atomic E-state index is 12.3. The van der Waals surface area contributed by atoms with Gasteiger partial charge in [-0.2, -0.15) is 0 Å². The van der Waals surface area contributed by atoms with Gasteiger partial charge < -0.3 is 9.59 Å². The molecule has 0 N–H and O–H groups in total. The van der Waals surface area contributed by atoms with Crippen molar-refractivity contribution in [3.05, 3.63) is 96.1 Å². The Bertz CT molecular complexity index is 995. The number of hydrogen-bond acceptors (Lipinski definition) is 2. The molecule has 2 nitrogen and oxygen atoms in total. The molecule has 0 aliphatic heterocycles. The fourth-order valence-corrected chi connectivity index (χ4v) is 3.60. The van der Waals surface area contributed by atoms with Gasteiger partial charge in [0.05, 0.1) is 0 Å². The first-order valence-electron chi connectivity index (χ1n) is 8.19. The van der Waals surface area contributed by atoms with Gasteiger partial charge >= 0.3 is 0 Å². The summed E-state index contributed by atoms with van der Waals surface area (Å²) in [5, 5.41) is 3.84. The number of benzene rings is 4. The van der Waals surface area contributed by atoms with Crippen molar-refractivity contribution in [2.24, 2.45) is 0 Å². The van der Waals surface area contributed by atoms with Gasteiger partial charge in [-0.05, 0) is 32.7 Å². The van der Waals surface area contributed by atoms with Crippen LogP contribution >= 0.6 is 0 Å². The summed E-state index contributed by atoms with van der Waals surface area (Å²) < 4.78 is 0. The standard InChI is InChI=1S/C23H16O2/c24-15-23(16-25,21-13-5-9-17-7-1-3-11-19(17)21)22-14-6-10-18-8-2-4-12-20(18)22/h1-16H. The summed E-state index contributed by atoms with van der Waals surface area (Å²) in [5.74, 6) is 0. The number of fused-ring (bicyclic) bond motifs is 2. The van der Waals surface area contributed by atoms with Crippen molar-refractivity contribution < 1.29 is 9.59 Å². The van der Waals surface area contributed by atoms with E-state index in [1.54, 1.807) is 0 Å². The largest absolute Gasteiger partial charge is 0.302 e. The molecule has 4 rings (SSSR count). The van der Waals surface area contributed by atoms with Gasteiger partial charge in [0.15, 0.2) is 0 Å². The van der Waals surface area contributed by atoms with E-state index in [4.69, 9.17) is 0 Å². The maximum Gasteiger partial charge on any atom is 0.142 e. The van der Waals surface area contributed by atoms with Crippen LogP contribution in [0.4, 0.5) is 0 Å². The lowest BCUT2D eigenvalue weighted by Crippen LogP contribution is -2.32. The number of carbonyl (C=O) groups is 2. The lowest BCUT2D eigenvalue weighted by Gasteiger charge is -2.26. The molecule has 0 heterocycles. The van der Waals surface area contributed by atoms with Gasteiger partial charge in [0.25, 0.3) is 0 Å². The van der Waals surface area contributed by atoms with Crippen molar-refractivity contribution in [3.63, 3.8) is 0 Å². The predicted molar refractivity (Wildman–Crippen MR) is 101 cm³/mol. The summed E-state index contributed by atoms with van der Waals surface area (Å²) in [6, 6.07) is 27.1. The summed E-state index contributed by atoms with van der Waals surface area (Å²) in [7, 11) is 0. The molecule has 0 unspecified atom stereocenters. The molecule has 0 saturated heterocycles. The molecule has 2 heteroatoms. The third-order valence-electron chi connectivity index (χ3n) is 4.84. The molecule has 4 aromatic carbocycles. The molecule has 0 amide bonds. The number of rotatable bonds is 4. The minimum atomic E-state index is -1.33. The summed E-state index contributed by atoms with van der Waals surface area (Å²) in [4.78, 5) is 24.6. The highest BCUT2D eigenvalue weighted by Crippen LogP contribution is 2.37. The first-order chi connectivity index (χ1) is 12.3. The van der Waals surface area contributed by atoms with E-state index >= 15 is 0 Å². The molecular weight excluding hydrogens is 308 g/mol. The molecule has 0 atom stereocenters. The van der Waals surface area contributed by atoms with Crippen LogP contribution in [-0.4, -0.2) is 12.6 Å². The Hall–Kier alpha value is -3.26. The van der Waals surface area contributed by atoms with E-state index in [-0.39, 0.29) is 0 Å². The molecule has 0 aliphatic rings. The van der Waals surface area contributed by atoms with Crippen LogP contribution in [0.5, 0.6) is 0 Å². The monoisotopic (exact) mass is 324 g/mol. The molecule has 0 saturated carbocycles. The predicted octanol–water partition coefficient (Wildman–Crippen LogP) is 4.68. The van der Waals surface area contributed by atoms with Gasteiger partial charge in [0.1, 0.15) is 18.0 Å². The van der Waals surface area contributed by atoms with Crippen molar-refractivity contribution in [2.45, 2.75) is 5.41 Å². The average molecular weight is 324 g/mol. The van der Waals surface area contributed by atoms with Crippen molar-refractivity contribution in [3.8, 4) is 0 Å². The number of carbonyl (C=O) groups excluding carboxylic acids is 2. The van der Waals surface area contributed by atoms with Gasteiger partial charge in [0, 0.05) is 0 Å². The Balaban J connectivity index is 2.12. The van der Waals surface area contributed by atoms with Crippen molar-refractivity contribution in [1.82, 2.24) is 0 Å². The Morgan fingerprint density at radius 2 is 0.920 bits per heavy atom. The Morgan fingerprint density at radius 1 is 0.520 bits per heavy atom. The molecular formula is C23H16O2. The second-order valence-corrected chi connectivity index (χ2v) is 6.16. The van der Waals surface area contributed by atoms with E-state index in [1.165, 1.54) is 0 Å². The van der Waals surface area contributed by atoms with Crippen molar-refractivity contribution in [1.29, 1.82) is 0 Å². The average Bonchev–Trinajstić information content (AvgIpc) is 2.69. The van der Waals surface area contributed by atoms with Crippen LogP contribution < -0.4 is 0 Å². The number of aldehydes is 2. The quantitative estimate of drug-likeness (QED) is 0.403. The van der Waals surface area contributed by atoms with E-state index < -0.39 is 5.41 Å². The molecule has 0 bridgehead atoms. The SMILES string of the molecule is O=CC(C=O)(c1cccc2ccccc12)c1cccc2ccccc12. The van der Waals surface area contributed by atoms with E-state index in [0.717, 1.165) is 34.1 Å². The second-order valence-electron chi connectivity index (χ2n) is 6.16. The van der Waals surface area contributed by atoms with Gasteiger partial charge in [-0.25, -0.2) is 0 Å². The Morgan fingerprint density at radius 3 is 1.36 bits per heavy atom. The molecule has 120 valence electrons.